The van der Waals surface area contributed by atoms with Crippen molar-refractivity contribution in [3.63, 3.8) is 0 Å². The first kappa shape index (κ1) is 17.4. The lowest BCUT2D eigenvalue weighted by molar-refractivity contribution is -0.123. The van der Waals surface area contributed by atoms with Crippen LogP contribution in [0.1, 0.15) is 38.0 Å². The van der Waals surface area contributed by atoms with Crippen LogP contribution >= 0.6 is 11.3 Å². The second kappa shape index (κ2) is 8.65. The van der Waals surface area contributed by atoms with Crippen LogP contribution in [0, 0.1) is 11.8 Å². The van der Waals surface area contributed by atoms with Crippen LogP contribution < -0.4 is 5.32 Å². The number of carbonyl (C=O) groups excluding carboxylic acids is 1. The maximum atomic E-state index is 11.8. The molecule has 0 spiro atoms. The minimum atomic E-state index is -0.535. The van der Waals surface area contributed by atoms with Crippen molar-refractivity contribution >= 4 is 17.2 Å². The van der Waals surface area contributed by atoms with E-state index < -0.39 is 6.10 Å². The molecular formula is C17H28N2O2S. The second-order valence-corrected chi connectivity index (χ2v) is 7.65. The molecule has 1 aromatic heterocycles. The Kier molecular flexibility index (Phi) is 6.86. The largest absolute Gasteiger partial charge is 0.392 e. The number of likely N-dealkylation sites (tertiary alicyclic amines) is 1. The van der Waals surface area contributed by atoms with E-state index in [0.717, 1.165) is 39.0 Å². The Balaban J connectivity index is 1.62. The molecule has 0 aromatic carbocycles. The monoisotopic (exact) mass is 324 g/mol. The van der Waals surface area contributed by atoms with Crippen LogP contribution in [0.15, 0.2) is 17.5 Å². The first-order valence-electron chi connectivity index (χ1n) is 8.24. The minimum Gasteiger partial charge on any atom is -0.392 e. The van der Waals surface area contributed by atoms with Gasteiger partial charge < -0.3 is 10.4 Å². The molecule has 1 unspecified atom stereocenters. The highest BCUT2D eigenvalue weighted by Crippen LogP contribution is 2.20. The number of hydrogen-bond acceptors (Lipinski definition) is 4. The van der Waals surface area contributed by atoms with E-state index >= 15 is 0 Å². The number of nitrogens with zero attached hydrogens (tertiary/aromatic N) is 1. The number of carbonyl (C=O) groups is 1. The number of aliphatic hydroxyl groups is 1. The van der Waals surface area contributed by atoms with E-state index in [1.54, 1.807) is 0 Å². The van der Waals surface area contributed by atoms with Crippen molar-refractivity contribution in [2.45, 2.75) is 45.8 Å². The topological polar surface area (TPSA) is 52.6 Å². The van der Waals surface area contributed by atoms with Gasteiger partial charge in [0.05, 0.1) is 12.5 Å². The number of piperidine rings is 1. The van der Waals surface area contributed by atoms with E-state index in [2.05, 4.69) is 27.7 Å². The van der Waals surface area contributed by atoms with Gasteiger partial charge in [-0.3, -0.25) is 9.69 Å². The van der Waals surface area contributed by atoms with E-state index in [4.69, 9.17) is 0 Å². The number of thiophene rings is 1. The Labute approximate surface area is 137 Å². The van der Waals surface area contributed by atoms with Gasteiger partial charge in [-0.1, -0.05) is 19.9 Å². The molecule has 4 nitrogen and oxygen atoms in total. The Bertz CT molecular complexity index is 440. The van der Waals surface area contributed by atoms with Crippen LogP contribution in [0.3, 0.4) is 0 Å². The highest BCUT2D eigenvalue weighted by molar-refractivity contribution is 7.09. The van der Waals surface area contributed by atoms with Crippen molar-refractivity contribution < 1.29 is 9.90 Å². The predicted molar refractivity (Wildman–Crippen MR) is 90.8 cm³/mol. The highest BCUT2D eigenvalue weighted by Gasteiger charge is 2.21. The van der Waals surface area contributed by atoms with Crippen LogP contribution in [-0.4, -0.2) is 41.7 Å². The molecular weight excluding hydrogens is 296 g/mol. The fourth-order valence-corrected chi connectivity index (χ4v) is 3.47. The molecule has 1 aliphatic heterocycles. The summed E-state index contributed by atoms with van der Waals surface area (Å²) < 4.78 is 0. The van der Waals surface area contributed by atoms with E-state index in [1.165, 1.54) is 4.88 Å². The number of rotatable bonds is 7. The summed E-state index contributed by atoms with van der Waals surface area (Å²) in [6.45, 7) is 7.87. The summed E-state index contributed by atoms with van der Waals surface area (Å²) in [6.07, 6.45) is 1.96. The SMILES string of the molecule is CC(C)C(O)CC(=O)NCC1CCN(Cc2cccs2)CC1. The van der Waals surface area contributed by atoms with E-state index in [0.29, 0.717) is 5.92 Å². The molecule has 1 saturated heterocycles. The van der Waals surface area contributed by atoms with Crippen LogP contribution in [0.25, 0.3) is 0 Å². The van der Waals surface area contributed by atoms with Gasteiger partial charge in [-0.05, 0) is 49.2 Å². The number of amides is 1. The lowest BCUT2D eigenvalue weighted by Gasteiger charge is -2.31. The Morgan fingerprint density at radius 3 is 2.77 bits per heavy atom. The van der Waals surface area contributed by atoms with E-state index in [9.17, 15) is 9.90 Å². The van der Waals surface area contributed by atoms with Gasteiger partial charge in [-0.2, -0.15) is 0 Å². The van der Waals surface area contributed by atoms with Crippen LogP contribution in [0.2, 0.25) is 0 Å². The van der Waals surface area contributed by atoms with Gasteiger partial charge in [-0.25, -0.2) is 0 Å². The molecule has 1 fully saturated rings. The van der Waals surface area contributed by atoms with Gasteiger partial charge >= 0.3 is 0 Å². The van der Waals surface area contributed by atoms with Gasteiger partial charge in [0, 0.05) is 18.0 Å². The molecule has 0 bridgehead atoms. The Hall–Kier alpha value is -0.910. The summed E-state index contributed by atoms with van der Waals surface area (Å²) >= 11 is 1.82. The van der Waals surface area contributed by atoms with E-state index in [-0.39, 0.29) is 18.2 Å². The normalized spacial score (nSPS) is 18.5. The molecule has 0 aliphatic carbocycles. The molecule has 2 rings (SSSR count). The zero-order valence-electron chi connectivity index (χ0n) is 13.6. The fourth-order valence-electron chi connectivity index (χ4n) is 2.73. The molecule has 0 saturated carbocycles. The quantitative estimate of drug-likeness (QED) is 0.810. The molecule has 0 radical (unpaired) electrons. The van der Waals surface area contributed by atoms with Crippen molar-refractivity contribution in [3.05, 3.63) is 22.4 Å². The van der Waals surface area contributed by atoms with Crippen molar-refractivity contribution in [2.24, 2.45) is 11.8 Å². The molecule has 1 aromatic rings. The van der Waals surface area contributed by atoms with Gasteiger partial charge in [0.25, 0.3) is 0 Å². The maximum absolute atomic E-state index is 11.8. The van der Waals surface area contributed by atoms with Crippen molar-refractivity contribution in [2.75, 3.05) is 19.6 Å². The van der Waals surface area contributed by atoms with Gasteiger partial charge in [0.1, 0.15) is 0 Å². The smallest absolute Gasteiger partial charge is 0.222 e. The first-order chi connectivity index (χ1) is 10.5. The van der Waals surface area contributed by atoms with Crippen LogP contribution in [-0.2, 0) is 11.3 Å². The lowest BCUT2D eigenvalue weighted by Crippen LogP contribution is -2.39. The summed E-state index contributed by atoms with van der Waals surface area (Å²) in [5.74, 6) is 0.674. The summed E-state index contributed by atoms with van der Waals surface area (Å²) in [7, 11) is 0. The maximum Gasteiger partial charge on any atom is 0.222 e. The molecule has 2 N–H and O–H groups in total. The average Bonchev–Trinajstić information content (AvgIpc) is 2.99. The Morgan fingerprint density at radius 1 is 1.45 bits per heavy atom. The zero-order valence-corrected chi connectivity index (χ0v) is 14.4. The number of hydrogen-bond donors (Lipinski definition) is 2. The summed E-state index contributed by atoms with van der Waals surface area (Å²) in [4.78, 5) is 15.7. The molecule has 1 amide bonds. The number of nitrogens with one attached hydrogen (secondary N) is 1. The average molecular weight is 324 g/mol. The summed E-state index contributed by atoms with van der Waals surface area (Å²) in [5, 5.41) is 14.8. The standard InChI is InChI=1S/C17H28N2O2S/c1-13(2)16(20)10-17(21)18-11-14-5-7-19(8-6-14)12-15-4-3-9-22-15/h3-4,9,13-14,16,20H,5-8,10-12H2,1-2H3,(H,18,21). The van der Waals surface area contributed by atoms with Gasteiger partial charge in [-0.15, -0.1) is 11.3 Å². The van der Waals surface area contributed by atoms with Crippen LogP contribution in [0.4, 0.5) is 0 Å². The fraction of sp³-hybridized carbons (Fsp3) is 0.706. The second-order valence-electron chi connectivity index (χ2n) is 6.62. The lowest BCUT2D eigenvalue weighted by atomic mass is 9.96. The highest BCUT2D eigenvalue weighted by atomic mass is 32.1. The number of aliphatic hydroxyl groups excluding tert-OH is 1. The predicted octanol–water partition coefficient (Wildman–Crippen LogP) is 2.48. The minimum absolute atomic E-state index is 0.0257. The van der Waals surface area contributed by atoms with Gasteiger partial charge in [0.2, 0.25) is 5.91 Å². The van der Waals surface area contributed by atoms with Crippen molar-refractivity contribution in [1.82, 2.24) is 10.2 Å². The molecule has 5 heteroatoms. The third kappa shape index (κ3) is 5.71. The molecule has 1 atom stereocenters. The first-order valence-corrected chi connectivity index (χ1v) is 9.12. The zero-order chi connectivity index (χ0) is 15.9. The summed E-state index contributed by atoms with van der Waals surface area (Å²) in [6, 6.07) is 4.30. The molecule has 1 aliphatic rings. The van der Waals surface area contributed by atoms with Gasteiger partial charge in [0.15, 0.2) is 0 Å². The third-order valence-corrected chi connectivity index (χ3v) is 5.28. The molecule has 124 valence electrons. The molecule has 2 heterocycles. The van der Waals surface area contributed by atoms with Crippen molar-refractivity contribution in [1.29, 1.82) is 0 Å². The third-order valence-electron chi connectivity index (χ3n) is 4.42. The molecule has 22 heavy (non-hydrogen) atoms. The van der Waals surface area contributed by atoms with Crippen LogP contribution in [0.5, 0.6) is 0 Å². The Morgan fingerprint density at radius 2 is 2.18 bits per heavy atom. The van der Waals surface area contributed by atoms with E-state index in [1.807, 2.05) is 25.2 Å². The summed E-state index contributed by atoms with van der Waals surface area (Å²) in [5.41, 5.74) is 0. The van der Waals surface area contributed by atoms with Crippen molar-refractivity contribution in [3.8, 4) is 0 Å².